The Labute approximate surface area is 159 Å². The van der Waals surface area contributed by atoms with Crippen LogP contribution in [0.15, 0.2) is 58.5 Å². The van der Waals surface area contributed by atoms with E-state index in [0.717, 1.165) is 0 Å². The molecule has 0 aliphatic heterocycles. The predicted octanol–water partition coefficient (Wildman–Crippen LogP) is 3.41. The lowest BCUT2D eigenvalue weighted by molar-refractivity contribution is 0.102. The summed E-state index contributed by atoms with van der Waals surface area (Å²) in [6, 6.07) is 13.8. The zero-order valence-corrected chi connectivity index (χ0v) is 15.5. The van der Waals surface area contributed by atoms with Gasteiger partial charge in [0.1, 0.15) is 0 Å². The molecule has 3 aromatic rings. The summed E-state index contributed by atoms with van der Waals surface area (Å²) in [6.45, 7) is 0.331. The van der Waals surface area contributed by atoms with E-state index in [2.05, 4.69) is 4.98 Å². The second-order valence-electron chi connectivity index (χ2n) is 5.66. The quantitative estimate of drug-likeness (QED) is 0.381. The van der Waals surface area contributed by atoms with Crippen molar-refractivity contribution in [1.82, 2.24) is 9.55 Å². The number of rotatable bonds is 7. The minimum Gasteiger partial charge on any atom is -0.396 e. The number of aromatic nitrogens is 2. The fourth-order valence-corrected chi connectivity index (χ4v) is 3.58. The van der Waals surface area contributed by atoms with Gasteiger partial charge in [-0.25, -0.2) is 4.98 Å². The molecule has 26 heavy (non-hydrogen) atoms. The van der Waals surface area contributed by atoms with Crippen LogP contribution in [0.2, 0.25) is 5.02 Å². The topological polar surface area (TPSA) is 72.2 Å². The molecule has 134 valence electrons. The van der Waals surface area contributed by atoms with Gasteiger partial charge in [0.05, 0.1) is 16.7 Å². The van der Waals surface area contributed by atoms with E-state index in [-0.39, 0.29) is 23.7 Å². The minimum atomic E-state index is -0.162. The molecule has 0 saturated heterocycles. The Morgan fingerprint density at radius 3 is 2.62 bits per heavy atom. The van der Waals surface area contributed by atoms with Gasteiger partial charge in [0.25, 0.3) is 5.56 Å². The average Bonchev–Trinajstić information content (AvgIpc) is 2.66. The van der Waals surface area contributed by atoms with E-state index < -0.39 is 0 Å². The van der Waals surface area contributed by atoms with Gasteiger partial charge < -0.3 is 5.11 Å². The van der Waals surface area contributed by atoms with Crippen molar-refractivity contribution in [3.8, 4) is 0 Å². The van der Waals surface area contributed by atoms with Gasteiger partial charge in [-0.15, -0.1) is 0 Å². The first-order chi connectivity index (χ1) is 12.6. The number of carbonyl (C=O) groups excluding carboxylic acids is 1. The van der Waals surface area contributed by atoms with E-state index in [0.29, 0.717) is 39.6 Å². The monoisotopic (exact) mass is 388 g/mol. The van der Waals surface area contributed by atoms with Crippen LogP contribution in [0.1, 0.15) is 16.8 Å². The second-order valence-corrected chi connectivity index (χ2v) is 7.04. The second kappa shape index (κ2) is 8.49. The number of benzene rings is 2. The lowest BCUT2D eigenvalue weighted by atomic mass is 10.1. The molecular weight excluding hydrogens is 372 g/mol. The molecule has 0 unspecified atom stereocenters. The molecule has 1 heterocycles. The van der Waals surface area contributed by atoms with Crippen molar-refractivity contribution >= 4 is 40.0 Å². The van der Waals surface area contributed by atoms with Crippen LogP contribution in [0.3, 0.4) is 0 Å². The maximum absolute atomic E-state index is 12.7. The predicted molar refractivity (Wildman–Crippen MR) is 104 cm³/mol. The van der Waals surface area contributed by atoms with Gasteiger partial charge in [-0.05, 0) is 42.8 Å². The van der Waals surface area contributed by atoms with E-state index in [4.69, 9.17) is 16.7 Å². The molecule has 1 aromatic heterocycles. The highest BCUT2D eigenvalue weighted by atomic mass is 35.5. The SMILES string of the molecule is O=C(CSc1nc2ccccc2c(=O)n1CCCO)c1ccc(Cl)cc1. The molecule has 7 heteroatoms. The smallest absolute Gasteiger partial charge is 0.262 e. The van der Waals surface area contributed by atoms with Crippen LogP contribution < -0.4 is 5.56 Å². The maximum Gasteiger partial charge on any atom is 0.262 e. The Balaban J connectivity index is 1.89. The lowest BCUT2D eigenvalue weighted by Crippen LogP contribution is -2.24. The van der Waals surface area contributed by atoms with Crippen LogP contribution in [0.25, 0.3) is 10.9 Å². The van der Waals surface area contributed by atoms with Crippen molar-refractivity contribution < 1.29 is 9.90 Å². The van der Waals surface area contributed by atoms with Gasteiger partial charge in [0.2, 0.25) is 0 Å². The van der Waals surface area contributed by atoms with Crippen LogP contribution in [0.5, 0.6) is 0 Å². The van der Waals surface area contributed by atoms with Gasteiger partial charge >= 0.3 is 0 Å². The third kappa shape index (κ3) is 4.15. The van der Waals surface area contributed by atoms with Gasteiger partial charge in [-0.2, -0.15) is 0 Å². The Hall–Kier alpha value is -2.15. The number of carbonyl (C=O) groups is 1. The third-order valence-corrected chi connectivity index (χ3v) is 5.09. The number of aliphatic hydroxyl groups is 1. The number of fused-ring (bicyclic) bond motifs is 1. The van der Waals surface area contributed by atoms with Crippen LogP contribution in [-0.2, 0) is 6.54 Å². The summed E-state index contributed by atoms with van der Waals surface area (Å²) >= 11 is 7.07. The normalized spacial score (nSPS) is 11.0. The first-order valence-corrected chi connectivity index (χ1v) is 9.48. The maximum atomic E-state index is 12.7. The first kappa shape index (κ1) is 18.6. The summed E-state index contributed by atoms with van der Waals surface area (Å²) < 4.78 is 1.53. The highest BCUT2D eigenvalue weighted by molar-refractivity contribution is 7.99. The van der Waals surface area contributed by atoms with Crippen LogP contribution in [0.4, 0.5) is 0 Å². The average molecular weight is 389 g/mol. The molecule has 3 rings (SSSR count). The molecule has 0 aliphatic rings. The van der Waals surface area contributed by atoms with E-state index in [1.807, 2.05) is 6.07 Å². The van der Waals surface area contributed by atoms with Crippen molar-refractivity contribution in [2.75, 3.05) is 12.4 Å². The number of Topliss-reactive ketones (excluding diaryl/α,β-unsaturated/α-hetero) is 1. The molecule has 0 saturated carbocycles. The van der Waals surface area contributed by atoms with Crippen molar-refractivity contribution in [2.24, 2.45) is 0 Å². The Bertz CT molecular complexity index is 986. The van der Waals surface area contributed by atoms with Crippen molar-refractivity contribution in [1.29, 1.82) is 0 Å². The van der Waals surface area contributed by atoms with E-state index in [1.54, 1.807) is 42.5 Å². The minimum absolute atomic E-state index is 0.0208. The molecule has 0 fully saturated rings. The molecule has 1 N–H and O–H groups in total. The number of nitrogens with zero attached hydrogens (tertiary/aromatic N) is 2. The summed E-state index contributed by atoms with van der Waals surface area (Å²) in [7, 11) is 0. The molecule has 5 nitrogen and oxygen atoms in total. The Morgan fingerprint density at radius 1 is 1.15 bits per heavy atom. The van der Waals surface area contributed by atoms with Crippen LogP contribution in [-0.4, -0.2) is 32.8 Å². The number of ketones is 1. The number of aliphatic hydroxyl groups excluding tert-OH is 1. The van der Waals surface area contributed by atoms with Crippen molar-refractivity contribution in [2.45, 2.75) is 18.1 Å². The number of para-hydroxylation sites is 1. The molecule has 2 aromatic carbocycles. The van der Waals surface area contributed by atoms with Crippen LogP contribution >= 0.6 is 23.4 Å². The molecule has 0 radical (unpaired) electrons. The van der Waals surface area contributed by atoms with Crippen LogP contribution in [0, 0.1) is 0 Å². The number of thioether (sulfide) groups is 1. The highest BCUT2D eigenvalue weighted by Gasteiger charge is 2.14. The molecule has 0 aliphatic carbocycles. The third-order valence-electron chi connectivity index (χ3n) is 3.87. The molecule has 0 amide bonds. The molecule has 0 bridgehead atoms. The van der Waals surface area contributed by atoms with E-state index >= 15 is 0 Å². The van der Waals surface area contributed by atoms with Gasteiger partial charge in [-0.1, -0.05) is 35.5 Å². The van der Waals surface area contributed by atoms with E-state index in [9.17, 15) is 9.59 Å². The fraction of sp³-hybridized carbons (Fsp3) is 0.211. The lowest BCUT2D eigenvalue weighted by Gasteiger charge is -2.12. The molecular formula is C19H17ClN2O3S. The molecule has 0 atom stereocenters. The number of halogens is 1. The van der Waals surface area contributed by atoms with Crippen molar-refractivity contribution in [3.63, 3.8) is 0 Å². The van der Waals surface area contributed by atoms with E-state index in [1.165, 1.54) is 16.3 Å². The van der Waals surface area contributed by atoms with Gasteiger partial charge in [-0.3, -0.25) is 14.2 Å². The number of hydrogen-bond acceptors (Lipinski definition) is 5. The van der Waals surface area contributed by atoms with Crippen molar-refractivity contribution in [3.05, 3.63) is 69.5 Å². The first-order valence-electron chi connectivity index (χ1n) is 8.12. The Kier molecular flexibility index (Phi) is 6.08. The van der Waals surface area contributed by atoms with Gasteiger partial charge in [0, 0.05) is 23.7 Å². The van der Waals surface area contributed by atoms with Gasteiger partial charge in [0.15, 0.2) is 10.9 Å². The molecule has 0 spiro atoms. The zero-order chi connectivity index (χ0) is 18.5. The summed E-state index contributed by atoms with van der Waals surface area (Å²) in [6.07, 6.45) is 0.443. The Morgan fingerprint density at radius 2 is 1.88 bits per heavy atom. The number of hydrogen-bond donors (Lipinski definition) is 1. The zero-order valence-electron chi connectivity index (χ0n) is 13.9. The summed E-state index contributed by atoms with van der Waals surface area (Å²) in [5.74, 6) is 0.0914. The summed E-state index contributed by atoms with van der Waals surface area (Å²) in [5.41, 5.74) is 0.997. The highest BCUT2D eigenvalue weighted by Crippen LogP contribution is 2.20. The fourth-order valence-electron chi connectivity index (χ4n) is 2.53. The summed E-state index contributed by atoms with van der Waals surface area (Å²) in [5, 5.41) is 10.7. The summed E-state index contributed by atoms with van der Waals surface area (Å²) in [4.78, 5) is 29.7. The largest absolute Gasteiger partial charge is 0.396 e. The standard InChI is InChI=1S/C19H17ClN2O3S/c20-14-8-6-13(7-9-14)17(24)12-26-19-21-16-5-2-1-4-15(16)18(25)22(19)10-3-11-23/h1-2,4-9,23H,3,10-12H2.